The highest BCUT2D eigenvalue weighted by molar-refractivity contribution is 4.82. The lowest BCUT2D eigenvalue weighted by Gasteiger charge is -2.32. The third-order valence-electron chi connectivity index (χ3n) is 5.17. The normalized spacial score (nSPS) is 23.6. The van der Waals surface area contributed by atoms with Gasteiger partial charge in [0.05, 0.1) is 0 Å². The minimum atomic E-state index is 0.468. The summed E-state index contributed by atoms with van der Waals surface area (Å²) < 4.78 is 0. The molecule has 120 valence electrons. The first-order valence-corrected chi connectivity index (χ1v) is 8.93. The highest BCUT2D eigenvalue weighted by Gasteiger charge is 2.28. The zero-order valence-corrected chi connectivity index (χ0v) is 14.5. The molecule has 1 aliphatic rings. The van der Waals surface area contributed by atoms with Gasteiger partial charge in [-0.3, -0.25) is 4.90 Å². The number of nitrogens with two attached hydrogens (primary N) is 1. The summed E-state index contributed by atoms with van der Waals surface area (Å²) in [5.74, 6) is 0.881. The molecule has 20 heavy (non-hydrogen) atoms. The Kier molecular flexibility index (Phi) is 8.13. The largest absolute Gasteiger partial charge is 0.329 e. The van der Waals surface area contributed by atoms with E-state index in [0.717, 1.165) is 12.5 Å². The Labute approximate surface area is 127 Å². The van der Waals surface area contributed by atoms with Crippen LogP contribution >= 0.6 is 0 Å². The molecule has 0 saturated carbocycles. The molecular weight excluding hydrogens is 244 g/mol. The standard InChI is InChI=1S/C18H38N2/c1-5-6-7-8-11-17(15-19)20-13-9-10-16(12-14-20)18(2,3)4/h16-17H,5-15,19H2,1-4H3. The molecule has 0 spiro atoms. The van der Waals surface area contributed by atoms with Crippen LogP contribution < -0.4 is 5.73 Å². The Morgan fingerprint density at radius 1 is 1.10 bits per heavy atom. The van der Waals surface area contributed by atoms with Crippen molar-refractivity contribution in [3.63, 3.8) is 0 Å². The van der Waals surface area contributed by atoms with Crippen molar-refractivity contribution >= 4 is 0 Å². The van der Waals surface area contributed by atoms with Crippen molar-refractivity contribution in [2.24, 2.45) is 17.1 Å². The minimum Gasteiger partial charge on any atom is -0.329 e. The van der Waals surface area contributed by atoms with Gasteiger partial charge in [0.1, 0.15) is 0 Å². The van der Waals surface area contributed by atoms with Crippen molar-refractivity contribution in [1.29, 1.82) is 0 Å². The monoisotopic (exact) mass is 282 g/mol. The SMILES string of the molecule is CCCCCCC(CN)N1CCCC(C(C)(C)C)CC1. The Balaban J connectivity index is 2.40. The minimum absolute atomic E-state index is 0.468. The predicted molar refractivity (Wildman–Crippen MR) is 90.0 cm³/mol. The quantitative estimate of drug-likeness (QED) is 0.700. The summed E-state index contributed by atoms with van der Waals surface area (Å²) in [6.07, 6.45) is 10.8. The Hall–Kier alpha value is -0.0800. The van der Waals surface area contributed by atoms with E-state index in [9.17, 15) is 0 Å². The lowest BCUT2D eigenvalue weighted by Crippen LogP contribution is -2.41. The second-order valence-corrected chi connectivity index (χ2v) is 7.77. The molecule has 0 radical (unpaired) electrons. The lowest BCUT2D eigenvalue weighted by atomic mass is 9.77. The summed E-state index contributed by atoms with van der Waals surface area (Å²) in [7, 11) is 0. The van der Waals surface area contributed by atoms with Crippen molar-refractivity contribution in [2.75, 3.05) is 19.6 Å². The van der Waals surface area contributed by atoms with Crippen LogP contribution in [0.15, 0.2) is 0 Å². The van der Waals surface area contributed by atoms with E-state index >= 15 is 0 Å². The zero-order valence-electron chi connectivity index (χ0n) is 14.5. The fourth-order valence-corrected chi connectivity index (χ4v) is 3.61. The van der Waals surface area contributed by atoms with E-state index in [0.29, 0.717) is 11.5 Å². The van der Waals surface area contributed by atoms with E-state index < -0.39 is 0 Å². The topological polar surface area (TPSA) is 29.3 Å². The van der Waals surface area contributed by atoms with Crippen LogP contribution in [-0.2, 0) is 0 Å². The number of rotatable bonds is 7. The Morgan fingerprint density at radius 2 is 1.85 bits per heavy atom. The lowest BCUT2D eigenvalue weighted by molar-refractivity contribution is 0.176. The van der Waals surface area contributed by atoms with Gasteiger partial charge in [-0.25, -0.2) is 0 Å². The summed E-state index contributed by atoms with van der Waals surface area (Å²) in [6.45, 7) is 12.9. The van der Waals surface area contributed by atoms with Crippen LogP contribution in [0.2, 0.25) is 0 Å². The van der Waals surface area contributed by atoms with E-state index in [-0.39, 0.29) is 0 Å². The maximum absolute atomic E-state index is 6.05. The average Bonchev–Trinajstić information content (AvgIpc) is 2.64. The molecule has 0 aromatic heterocycles. The van der Waals surface area contributed by atoms with Crippen LogP contribution in [0.3, 0.4) is 0 Å². The number of likely N-dealkylation sites (tertiary alicyclic amines) is 1. The van der Waals surface area contributed by atoms with Crippen molar-refractivity contribution in [1.82, 2.24) is 4.90 Å². The first-order chi connectivity index (χ1) is 9.49. The molecule has 1 fully saturated rings. The van der Waals surface area contributed by atoms with Gasteiger partial charge in [0.2, 0.25) is 0 Å². The van der Waals surface area contributed by atoms with E-state index in [2.05, 4.69) is 32.6 Å². The molecule has 2 unspecified atom stereocenters. The van der Waals surface area contributed by atoms with Gasteiger partial charge in [-0.05, 0) is 50.1 Å². The molecular formula is C18H38N2. The van der Waals surface area contributed by atoms with Crippen molar-refractivity contribution in [3.8, 4) is 0 Å². The van der Waals surface area contributed by atoms with Crippen LogP contribution in [0.1, 0.15) is 79.1 Å². The third kappa shape index (κ3) is 6.13. The summed E-state index contributed by atoms with van der Waals surface area (Å²) in [6, 6.07) is 0.630. The van der Waals surface area contributed by atoms with Crippen LogP contribution in [0.4, 0.5) is 0 Å². The van der Waals surface area contributed by atoms with Gasteiger partial charge in [0, 0.05) is 12.6 Å². The molecule has 0 amide bonds. The van der Waals surface area contributed by atoms with Gasteiger partial charge >= 0.3 is 0 Å². The molecule has 2 atom stereocenters. The molecule has 1 heterocycles. The molecule has 2 N–H and O–H groups in total. The summed E-state index contributed by atoms with van der Waals surface area (Å²) >= 11 is 0. The molecule has 1 aliphatic heterocycles. The Bertz CT molecular complexity index is 244. The Morgan fingerprint density at radius 3 is 2.45 bits per heavy atom. The first-order valence-electron chi connectivity index (χ1n) is 8.93. The molecule has 0 aromatic carbocycles. The number of unbranched alkanes of at least 4 members (excludes halogenated alkanes) is 3. The molecule has 2 heteroatoms. The number of hydrogen-bond acceptors (Lipinski definition) is 2. The van der Waals surface area contributed by atoms with Gasteiger partial charge in [0.15, 0.2) is 0 Å². The summed E-state index contributed by atoms with van der Waals surface area (Å²) in [4.78, 5) is 2.69. The van der Waals surface area contributed by atoms with Gasteiger partial charge in [-0.15, -0.1) is 0 Å². The smallest absolute Gasteiger partial charge is 0.0218 e. The van der Waals surface area contributed by atoms with E-state index in [1.807, 2.05) is 0 Å². The molecule has 1 saturated heterocycles. The highest BCUT2D eigenvalue weighted by atomic mass is 15.2. The number of nitrogens with zero attached hydrogens (tertiary/aromatic N) is 1. The maximum atomic E-state index is 6.05. The zero-order chi connectivity index (χ0) is 15.0. The molecule has 0 aromatic rings. The van der Waals surface area contributed by atoms with Crippen molar-refractivity contribution < 1.29 is 0 Å². The molecule has 0 aliphatic carbocycles. The predicted octanol–water partition coefficient (Wildman–Crippen LogP) is 4.43. The van der Waals surface area contributed by atoms with E-state index in [1.165, 1.54) is 64.5 Å². The fourth-order valence-electron chi connectivity index (χ4n) is 3.61. The molecule has 0 bridgehead atoms. The average molecular weight is 283 g/mol. The highest BCUT2D eigenvalue weighted by Crippen LogP contribution is 2.34. The summed E-state index contributed by atoms with van der Waals surface area (Å²) in [5.41, 5.74) is 6.52. The molecule has 2 nitrogen and oxygen atoms in total. The van der Waals surface area contributed by atoms with E-state index in [4.69, 9.17) is 5.73 Å². The first kappa shape index (κ1) is 18.0. The van der Waals surface area contributed by atoms with Crippen molar-refractivity contribution in [3.05, 3.63) is 0 Å². The van der Waals surface area contributed by atoms with Crippen LogP contribution in [0.5, 0.6) is 0 Å². The van der Waals surface area contributed by atoms with Gasteiger partial charge in [-0.2, -0.15) is 0 Å². The van der Waals surface area contributed by atoms with Gasteiger partial charge in [-0.1, -0.05) is 53.4 Å². The number of hydrogen-bond donors (Lipinski definition) is 1. The van der Waals surface area contributed by atoms with Crippen LogP contribution in [0, 0.1) is 11.3 Å². The second kappa shape index (κ2) is 9.04. The molecule has 1 rings (SSSR count). The van der Waals surface area contributed by atoms with Crippen molar-refractivity contribution in [2.45, 2.75) is 85.1 Å². The maximum Gasteiger partial charge on any atom is 0.0218 e. The van der Waals surface area contributed by atoms with E-state index in [1.54, 1.807) is 0 Å². The van der Waals surface area contributed by atoms with Gasteiger partial charge < -0.3 is 5.73 Å². The summed E-state index contributed by atoms with van der Waals surface area (Å²) in [5, 5.41) is 0. The second-order valence-electron chi connectivity index (χ2n) is 7.77. The van der Waals surface area contributed by atoms with Crippen LogP contribution in [-0.4, -0.2) is 30.6 Å². The van der Waals surface area contributed by atoms with Crippen LogP contribution in [0.25, 0.3) is 0 Å². The third-order valence-corrected chi connectivity index (χ3v) is 5.17. The van der Waals surface area contributed by atoms with Gasteiger partial charge in [0.25, 0.3) is 0 Å². The fraction of sp³-hybridized carbons (Fsp3) is 1.00.